The molecule has 2 aromatic heterocycles. The van der Waals surface area contributed by atoms with Gasteiger partial charge in [-0.3, -0.25) is 14.2 Å². The summed E-state index contributed by atoms with van der Waals surface area (Å²) in [6, 6.07) is 8.69. The van der Waals surface area contributed by atoms with Crippen molar-refractivity contribution in [2.24, 2.45) is 0 Å². The van der Waals surface area contributed by atoms with Gasteiger partial charge in [0.2, 0.25) is 5.91 Å². The van der Waals surface area contributed by atoms with Crippen LogP contribution in [0.2, 0.25) is 9.36 Å². The van der Waals surface area contributed by atoms with Crippen LogP contribution in [0.1, 0.15) is 24.8 Å². The molecule has 0 saturated heterocycles. The van der Waals surface area contributed by atoms with Gasteiger partial charge in [0, 0.05) is 23.0 Å². The highest BCUT2D eigenvalue weighted by Gasteiger charge is 2.17. The van der Waals surface area contributed by atoms with Crippen molar-refractivity contribution in [3.05, 3.63) is 54.9 Å². The molecular weight excluding hydrogens is 437 g/mol. The molecule has 3 rings (SSSR count). The summed E-state index contributed by atoms with van der Waals surface area (Å²) >= 11 is 14.7. The van der Waals surface area contributed by atoms with E-state index in [-0.39, 0.29) is 23.3 Å². The molecule has 5 nitrogen and oxygen atoms in total. The lowest BCUT2D eigenvalue weighted by Crippen LogP contribution is -2.29. The van der Waals surface area contributed by atoms with Crippen LogP contribution < -0.4 is 5.56 Å². The number of amides is 1. The molecule has 3 aromatic rings. The van der Waals surface area contributed by atoms with Gasteiger partial charge in [-0.15, -0.1) is 11.3 Å². The standard InChI is InChI=1S/C19H19Cl2N3O2S2/c1-11(2)24-18(26)14-6-4-12(20)8-15(14)22-19(24)27-10-17(25)23(3)9-13-5-7-16(21)28-13/h4-8,11H,9-10H2,1-3H3. The van der Waals surface area contributed by atoms with Crippen LogP contribution in [0.25, 0.3) is 10.9 Å². The molecule has 0 bridgehead atoms. The van der Waals surface area contributed by atoms with E-state index < -0.39 is 0 Å². The van der Waals surface area contributed by atoms with Crippen LogP contribution in [0.4, 0.5) is 0 Å². The smallest absolute Gasteiger partial charge is 0.262 e. The normalized spacial score (nSPS) is 11.4. The first kappa shape index (κ1) is 21.2. The molecule has 0 spiro atoms. The predicted molar refractivity (Wildman–Crippen MR) is 118 cm³/mol. The quantitative estimate of drug-likeness (QED) is 0.383. The number of rotatable bonds is 6. The van der Waals surface area contributed by atoms with Crippen LogP contribution in [0.5, 0.6) is 0 Å². The number of thioether (sulfide) groups is 1. The van der Waals surface area contributed by atoms with E-state index in [1.807, 2.05) is 26.0 Å². The number of carbonyl (C=O) groups is 1. The summed E-state index contributed by atoms with van der Waals surface area (Å²) in [5.74, 6) is 0.131. The number of thiophene rings is 1. The largest absolute Gasteiger partial charge is 0.340 e. The molecule has 0 aliphatic rings. The third-order valence-electron chi connectivity index (χ3n) is 4.12. The minimum Gasteiger partial charge on any atom is -0.340 e. The van der Waals surface area contributed by atoms with E-state index in [0.717, 1.165) is 4.88 Å². The molecule has 0 fully saturated rings. The number of hydrogen-bond donors (Lipinski definition) is 0. The van der Waals surface area contributed by atoms with E-state index in [4.69, 9.17) is 23.2 Å². The van der Waals surface area contributed by atoms with Crippen molar-refractivity contribution in [1.82, 2.24) is 14.5 Å². The van der Waals surface area contributed by atoms with Crippen LogP contribution in [-0.2, 0) is 11.3 Å². The lowest BCUT2D eigenvalue weighted by molar-refractivity contribution is -0.127. The average Bonchev–Trinajstić information content (AvgIpc) is 3.03. The summed E-state index contributed by atoms with van der Waals surface area (Å²) in [5, 5.41) is 1.54. The Bertz CT molecular complexity index is 1080. The zero-order chi connectivity index (χ0) is 20.4. The first-order valence-electron chi connectivity index (χ1n) is 8.59. The first-order chi connectivity index (χ1) is 13.3. The Morgan fingerprint density at radius 1 is 1.29 bits per heavy atom. The summed E-state index contributed by atoms with van der Waals surface area (Å²) in [4.78, 5) is 32.7. The highest BCUT2D eigenvalue weighted by Crippen LogP contribution is 2.25. The SMILES string of the molecule is CC(C)n1c(SCC(=O)N(C)Cc2ccc(Cl)s2)nc2cc(Cl)ccc2c1=O. The van der Waals surface area contributed by atoms with Gasteiger partial charge in [-0.25, -0.2) is 4.98 Å². The van der Waals surface area contributed by atoms with Gasteiger partial charge in [-0.1, -0.05) is 35.0 Å². The molecule has 1 aromatic carbocycles. The fraction of sp³-hybridized carbons (Fsp3) is 0.316. The maximum atomic E-state index is 12.9. The van der Waals surface area contributed by atoms with Gasteiger partial charge >= 0.3 is 0 Å². The highest BCUT2D eigenvalue weighted by atomic mass is 35.5. The third-order valence-corrected chi connectivity index (χ3v) is 6.51. The maximum absolute atomic E-state index is 12.9. The van der Waals surface area contributed by atoms with E-state index in [2.05, 4.69) is 4.98 Å². The number of aromatic nitrogens is 2. The zero-order valence-electron chi connectivity index (χ0n) is 15.6. The molecule has 9 heteroatoms. The van der Waals surface area contributed by atoms with Crippen molar-refractivity contribution >= 4 is 63.1 Å². The summed E-state index contributed by atoms with van der Waals surface area (Å²) in [5.41, 5.74) is 0.402. The number of halogens is 2. The van der Waals surface area contributed by atoms with Gasteiger partial charge < -0.3 is 4.90 Å². The minimum absolute atomic E-state index is 0.0507. The monoisotopic (exact) mass is 455 g/mol. The second-order valence-corrected chi connectivity index (χ2v) is 9.75. The Morgan fingerprint density at radius 2 is 2.04 bits per heavy atom. The van der Waals surface area contributed by atoms with Crippen molar-refractivity contribution < 1.29 is 4.79 Å². The van der Waals surface area contributed by atoms with Crippen LogP contribution in [0, 0.1) is 0 Å². The molecule has 0 N–H and O–H groups in total. The molecule has 148 valence electrons. The molecule has 0 aliphatic heterocycles. The van der Waals surface area contributed by atoms with Crippen LogP contribution in [0.15, 0.2) is 40.3 Å². The second-order valence-electron chi connectivity index (χ2n) is 6.57. The maximum Gasteiger partial charge on any atom is 0.262 e. The highest BCUT2D eigenvalue weighted by molar-refractivity contribution is 7.99. The van der Waals surface area contributed by atoms with Gasteiger partial charge in [0.1, 0.15) is 0 Å². The van der Waals surface area contributed by atoms with E-state index in [9.17, 15) is 9.59 Å². The number of carbonyl (C=O) groups excluding carboxylic acids is 1. The summed E-state index contributed by atoms with van der Waals surface area (Å²) < 4.78 is 2.32. The molecule has 1 amide bonds. The Hall–Kier alpha value is -1.54. The van der Waals surface area contributed by atoms with E-state index in [0.29, 0.717) is 32.0 Å². The lowest BCUT2D eigenvalue weighted by atomic mass is 10.2. The second kappa shape index (κ2) is 8.86. The summed E-state index contributed by atoms with van der Waals surface area (Å²) in [6.45, 7) is 4.33. The zero-order valence-corrected chi connectivity index (χ0v) is 18.8. The summed E-state index contributed by atoms with van der Waals surface area (Å²) in [6.07, 6.45) is 0. The van der Waals surface area contributed by atoms with Crippen molar-refractivity contribution in [3.63, 3.8) is 0 Å². The molecule has 0 radical (unpaired) electrons. The third kappa shape index (κ3) is 4.71. The van der Waals surface area contributed by atoms with Crippen molar-refractivity contribution in [1.29, 1.82) is 0 Å². The van der Waals surface area contributed by atoms with Crippen molar-refractivity contribution in [2.75, 3.05) is 12.8 Å². The van der Waals surface area contributed by atoms with Crippen molar-refractivity contribution in [3.8, 4) is 0 Å². The van der Waals surface area contributed by atoms with Crippen LogP contribution in [-0.4, -0.2) is 33.2 Å². The fourth-order valence-electron chi connectivity index (χ4n) is 2.70. The molecular formula is C19H19Cl2N3O2S2. The van der Waals surface area contributed by atoms with Gasteiger partial charge in [0.15, 0.2) is 5.16 Å². The summed E-state index contributed by atoms with van der Waals surface area (Å²) in [7, 11) is 1.75. The molecule has 0 aliphatic carbocycles. The first-order valence-corrected chi connectivity index (χ1v) is 11.1. The Labute approximate surface area is 181 Å². The minimum atomic E-state index is -0.131. The predicted octanol–water partition coefficient (Wildman–Crippen LogP) is 5.10. The molecule has 0 atom stereocenters. The number of fused-ring (bicyclic) bond motifs is 1. The van der Waals surface area contributed by atoms with Gasteiger partial charge in [-0.2, -0.15) is 0 Å². The number of benzene rings is 1. The molecule has 0 saturated carbocycles. The van der Waals surface area contributed by atoms with Crippen LogP contribution >= 0.6 is 46.3 Å². The Morgan fingerprint density at radius 3 is 2.68 bits per heavy atom. The average molecular weight is 456 g/mol. The number of hydrogen-bond acceptors (Lipinski definition) is 5. The Balaban J connectivity index is 1.81. The molecule has 28 heavy (non-hydrogen) atoms. The van der Waals surface area contributed by atoms with Crippen LogP contribution in [0.3, 0.4) is 0 Å². The topological polar surface area (TPSA) is 55.2 Å². The lowest BCUT2D eigenvalue weighted by Gasteiger charge is -2.18. The number of nitrogens with zero attached hydrogens (tertiary/aromatic N) is 3. The van der Waals surface area contributed by atoms with Crippen molar-refractivity contribution in [2.45, 2.75) is 31.6 Å². The van der Waals surface area contributed by atoms with E-state index >= 15 is 0 Å². The van der Waals surface area contributed by atoms with Gasteiger partial charge in [0.25, 0.3) is 5.56 Å². The van der Waals surface area contributed by atoms with Gasteiger partial charge in [-0.05, 0) is 44.2 Å². The fourth-order valence-corrected chi connectivity index (χ4v) is 5.08. The van der Waals surface area contributed by atoms with E-state index in [1.54, 1.807) is 34.7 Å². The van der Waals surface area contributed by atoms with E-state index in [1.165, 1.54) is 23.1 Å². The molecule has 2 heterocycles. The molecule has 0 unspecified atom stereocenters. The van der Waals surface area contributed by atoms with Gasteiger partial charge in [0.05, 0.1) is 27.5 Å². The Kier molecular flexibility index (Phi) is 6.70.